The Labute approximate surface area is 103 Å². The third-order valence-electron chi connectivity index (χ3n) is 2.85. The number of benzene rings is 2. The van der Waals surface area contributed by atoms with Crippen LogP contribution in [0, 0.1) is 13.5 Å². The second-order valence-corrected chi connectivity index (χ2v) is 4.22. The lowest BCUT2D eigenvalue weighted by molar-refractivity contribution is 1.13. The van der Waals surface area contributed by atoms with Gasteiger partial charge in [-0.3, -0.25) is 0 Å². The highest BCUT2D eigenvalue weighted by Gasteiger charge is 2.01. The Morgan fingerprint density at radius 3 is 2.59 bits per heavy atom. The predicted octanol–water partition coefficient (Wildman–Crippen LogP) is 4.78. The fourth-order valence-electron chi connectivity index (χ4n) is 1.99. The highest BCUT2D eigenvalue weighted by Crippen LogP contribution is 2.26. The number of hydrogen-bond acceptors (Lipinski definition) is 0. The van der Waals surface area contributed by atoms with E-state index < -0.39 is 0 Å². The van der Waals surface area contributed by atoms with Gasteiger partial charge in [-0.2, -0.15) is 0 Å². The molecule has 0 aliphatic heterocycles. The number of hydrogen-bond donors (Lipinski definition) is 0. The van der Waals surface area contributed by atoms with Gasteiger partial charge < -0.3 is 0 Å². The van der Waals surface area contributed by atoms with Crippen LogP contribution >= 0.6 is 0 Å². The van der Waals surface area contributed by atoms with E-state index in [-0.39, 0.29) is 0 Å². The molecule has 1 nitrogen and oxygen atoms in total. The van der Waals surface area contributed by atoms with Crippen LogP contribution in [0.3, 0.4) is 0 Å². The van der Waals surface area contributed by atoms with Crippen molar-refractivity contribution in [1.82, 2.24) is 0 Å². The molecule has 0 atom stereocenters. The molecule has 84 valence electrons. The molecular formula is C16H15N. The van der Waals surface area contributed by atoms with E-state index in [0.29, 0.717) is 5.69 Å². The van der Waals surface area contributed by atoms with Crippen molar-refractivity contribution in [2.24, 2.45) is 0 Å². The van der Waals surface area contributed by atoms with Crippen LogP contribution in [0.5, 0.6) is 0 Å². The van der Waals surface area contributed by atoms with Gasteiger partial charge in [0.25, 0.3) is 0 Å². The standard InChI is InChI=1S/C16H15N/c1-4-13-8-12(2)9-15(10-13)14-6-5-7-16(11-14)17-3/h5-11H,4H2,1-2H3. The monoisotopic (exact) mass is 221 g/mol. The van der Waals surface area contributed by atoms with E-state index in [4.69, 9.17) is 6.57 Å². The first-order valence-corrected chi connectivity index (χ1v) is 5.81. The quantitative estimate of drug-likeness (QED) is 0.643. The van der Waals surface area contributed by atoms with Gasteiger partial charge in [-0.25, -0.2) is 4.85 Å². The summed E-state index contributed by atoms with van der Waals surface area (Å²) >= 11 is 0. The Balaban J connectivity index is 2.52. The van der Waals surface area contributed by atoms with Crippen LogP contribution in [0.1, 0.15) is 18.1 Å². The summed E-state index contributed by atoms with van der Waals surface area (Å²) in [5.41, 5.74) is 5.63. The van der Waals surface area contributed by atoms with Gasteiger partial charge in [0.15, 0.2) is 5.69 Å². The van der Waals surface area contributed by atoms with Gasteiger partial charge in [0.05, 0.1) is 6.57 Å². The maximum atomic E-state index is 7.05. The summed E-state index contributed by atoms with van der Waals surface area (Å²) in [4.78, 5) is 3.47. The first-order chi connectivity index (χ1) is 8.22. The molecule has 2 rings (SSSR count). The largest absolute Gasteiger partial charge is 0.238 e. The minimum absolute atomic E-state index is 0.696. The van der Waals surface area contributed by atoms with Gasteiger partial charge in [-0.05, 0) is 36.1 Å². The molecule has 0 unspecified atom stereocenters. The van der Waals surface area contributed by atoms with E-state index in [9.17, 15) is 0 Å². The summed E-state index contributed by atoms with van der Waals surface area (Å²) in [6, 6.07) is 14.4. The molecule has 0 N–H and O–H groups in total. The predicted molar refractivity (Wildman–Crippen MR) is 72.3 cm³/mol. The van der Waals surface area contributed by atoms with Gasteiger partial charge in [0, 0.05) is 0 Å². The summed E-state index contributed by atoms with van der Waals surface area (Å²) < 4.78 is 0. The highest BCUT2D eigenvalue weighted by atomic mass is 14.6. The molecule has 0 radical (unpaired) electrons. The van der Waals surface area contributed by atoms with Crippen LogP contribution in [0.15, 0.2) is 42.5 Å². The maximum Gasteiger partial charge on any atom is 0.187 e. The third kappa shape index (κ3) is 2.54. The van der Waals surface area contributed by atoms with Gasteiger partial charge in [-0.1, -0.05) is 48.9 Å². The summed E-state index contributed by atoms with van der Waals surface area (Å²) in [6.07, 6.45) is 1.04. The van der Waals surface area contributed by atoms with E-state index in [1.165, 1.54) is 16.7 Å². The van der Waals surface area contributed by atoms with E-state index in [0.717, 1.165) is 12.0 Å². The van der Waals surface area contributed by atoms with Gasteiger partial charge in [0.1, 0.15) is 0 Å². The fourth-order valence-corrected chi connectivity index (χ4v) is 1.99. The lowest BCUT2D eigenvalue weighted by Crippen LogP contribution is -1.85. The molecule has 0 heterocycles. The number of rotatable bonds is 2. The van der Waals surface area contributed by atoms with Crippen LogP contribution in [0.2, 0.25) is 0 Å². The number of nitrogens with zero attached hydrogens (tertiary/aromatic N) is 1. The molecule has 2 aromatic carbocycles. The van der Waals surface area contributed by atoms with Crippen LogP contribution < -0.4 is 0 Å². The smallest absolute Gasteiger partial charge is 0.187 e. The minimum Gasteiger partial charge on any atom is -0.238 e. The van der Waals surface area contributed by atoms with Crippen LogP contribution in [-0.4, -0.2) is 0 Å². The van der Waals surface area contributed by atoms with E-state index in [1.807, 2.05) is 18.2 Å². The summed E-state index contributed by atoms with van der Waals surface area (Å²) in [7, 11) is 0. The summed E-state index contributed by atoms with van der Waals surface area (Å²) in [5, 5.41) is 0. The van der Waals surface area contributed by atoms with Crippen molar-refractivity contribution in [2.45, 2.75) is 20.3 Å². The average Bonchev–Trinajstić information content (AvgIpc) is 2.38. The molecule has 2 aromatic rings. The Bertz CT molecular complexity index is 576. The van der Waals surface area contributed by atoms with Gasteiger partial charge in [0.2, 0.25) is 0 Å². The lowest BCUT2D eigenvalue weighted by atomic mass is 9.99. The SMILES string of the molecule is [C-]#[N+]c1cccc(-c2cc(C)cc(CC)c2)c1. The first kappa shape index (κ1) is 11.4. The van der Waals surface area contributed by atoms with Crippen LogP contribution in [0.4, 0.5) is 5.69 Å². The fraction of sp³-hybridized carbons (Fsp3) is 0.188. The van der Waals surface area contributed by atoms with Crippen molar-refractivity contribution < 1.29 is 0 Å². The first-order valence-electron chi connectivity index (χ1n) is 5.81. The van der Waals surface area contributed by atoms with E-state index in [2.05, 4.69) is 43.0 Å². The molecule has 0 spiro atoms. The van der Waals surface area contributed by atoms with Crippen molar-refractivity contribution in [1.29, 1.82) is 0 Å². The zero-order chi connectivity index (χ0) is 12.3. The maximum absolute atomic E-state index is 7.05. The lowest BCUT2D eigenvalue weighted by Gasteiger charge is -2.07. The van der Waals surface area contributed by atoms with E-state index in [1.54, 1.807) is 0 Å². The molecule has 1 heteroatoms. The second-order valence-electron chi connectivity index (χ2n) is 4.22. The van der Waals surface area contributed by atoms with Crippen molar-refractivity contribution in [3.05, 3.63) is 65.0 Å². The van der Waals surface area contributed by atoms with Crippen molar-refractivity contribution >= 4 is 5.69 Å². The molecule has 0 bridgehead atoms. The zero-order valence-corrected chi connectivity index (χ0v) is 10.2. The van der Waals surface area contributed by atoms with Gasteiger partial charge >= 0.3 is 0 Å². The second kappa shape index (κ2) is 4.84. The minimum atomic E-state index is 0.696. The van der Waals surface area contributed by atoms with Crippen LogP contribution in [-0.2, 0) is 6.42 Å². The topological polar surface area (TPSA) is 4.36 Å². The third-order valence-corrected chi connectivity index (χ3v) is 2.85. The Morgan fingerprint density at radius 2 is 1.88 bits per heavy atom. The molecule has 0 amide bonds. The molecule has 0 saturated carbocycles. The van der Waals surface area contributed by atoms with Crippen molar-refractivity contribution in [3.8, 4) is 11.1 Å². The molecule has 0 aliphatic rings. The molecule has 17 heavy (non-hydrogen) atoms. The van der Waals surface area contributed by atoms with E-state index >= 15 is 0 Å². The van der Waals surface area contributed by atoms with Crippen molar-refractivity contribution in [3.63, 3.8) is 0 Å². The van der Waals surface area contributed by atoms with Crippen molar-refractivity contribution in [2.75, 3.05) is 0 Å². The average molecular weight is 221 g/mol. The highest BCUT2D eigenvalue weighted by molar-refractivity contribution is 5.69. The van der Waals surface area contributed by atoms with Gasteiger partial charge in [-0.15, -0.1) is 0 Å². The summed E-state index contributed by atoms with van der Waals surface area (Å²) in [5.74, 6) is 0. The Kier molecular flexibility index (Phi) is 3.25. The summed E-state index contributed by atoms with van der Waals surface area (Å²) in [6.45, 7) is 11.3. The Hall–Kier alpha value is -2.07. The zero-order valence-electron chi connectivity index (χ0n) is 10.2. The molecule has 0 saturated heterocycles. The molecule has 0 aromatic heterocycles. The normalized spacial score (nSPS) is 9.94. The number of aryl methyl sites for hydroxylation is 2. The van der Waals surface area contributed by atoms with Crippen LogP contribution in [0.25, 0.3) is 16.0 Å². The molecule has 0 aliphatic carbocycles. The Morgan fingerprint density at radius 1 is 1.06 bits per heavy atom. The molecule has 0 fully saturated rings. The molecular weight excluding hydrogens is 206 g/mol.